The normalized spacial score (nSPS) is 32.7. The van der Waals surface area contributed by atoms with Crippen molar-refractivity contribution in [3.8, 4) is 5.75 Å². The summed E-state index contributed by atoms with van der Waals surface area (Å²) in [5.41, 5.74) is 7.00. The van der Waals surface area contributed by atoms with Gasteiger partial charge < -0.3 is 15.2 Å². The van der Waals surface area contributed by atoms with E-state index in [1.54, 1.807) is 0 Å². The molecule has 2 heterocycles. The molecule has 1 aromatic carbocycles. The van der Waals surface area contributed by atoms with Crippen LogP contribution in [0.2, 0.25) is 5.02 Å². The van der Waals surface area contributed by atoms with Crippen LogP contribution in [0.3, 0.4) is 0 Å². The minimum Gasteiger partial charge on any atom is -0.487 e. The number of halogens is 1. The highest BCUT2D eigenvalue weighted by atomic mass is 35.5. The summed E-state index contributed by atoms with van der Waals surface area (Å²) in [6.45, 7) is 4.95. The van der Waals surface area contributed by atoms with Crippen LogP contribution in [-0.4, -0.2) is 17.8 Å². The summed E-state index contributed by atoms with van der Waals surface area (Å²) >= 11 is 6.03. The third kappa shape index (κ3) is 2.47. The molecular weight excluding hydrogens is 262 g/mol. The lowest BCUT2D eigenvalue weighted by Crippen LogP contribution is -2.52. The van der Waals surface area contributed by atoms with E-state index in [0.717, 1.165) is 37.2 Å². The van der Waals surface area contributed by atoms with E-state index < -0.39 is 0 Å². The van der Waals surface area contributed by atoms with Gasteiger partial charge in [-0.3, -0.25) is 0 Å². The van der Waals surface area contributed by atoms with Gasteiger partial charge in [-0.25, -0.2) is 0 Å². The molecule has 0 radical (unpaired) electrons. The van der Waals surface area contributed by atoms with Crippen molar-refractivity contribution < 1.29 is 9.47 Å². The number of nitrogens with two attached hydrogens (primary N) is 1. The molecule has 0 saturated carbocycles. The first-order valence-electron chi connectivity index (χ1n) is 6.77. The third-order valence-corrected chi connectivity index (χ3v) is 4.32. The maximum absolute atomic E-state index is 6.33. The fourth-order valence-corrected chi connectivity index (χ4v) is 3.56. The van der Waals surface area contributed by atoms with Gasteiger partial charge in [0.15, 0.2) is 0 Å². The van der Waals surface area contributed by atoms with Crippen LogP contribution in [0.4, 0.5) is 0 Å². The van der Waals surface area contributed by atoms with Crippen LogP contribution in [0.25, 0.3) is 0 Å². The number of ether oxygens (including phenoxy) is 2. The van der Waals surface area contributed by atoms with Gasteiger partial charge in [-0.05, 0) is 32.0 Å². The lowest BCUT2D eigenvalue weighted by atomic mass is 9.77. The van der Waals surface area contributed by atoms with E-state index >= 15 is 0 Å². The van der Waals surface area contributed by atoms with Crippen molar-refractivity contribution in [3.63, 3.8) is 0 Å². The van der Waals surface area contributed by atoms with Crippen molar-refractivity contribution in [1.82, 2.24) is 0 Å². The lowest BCUT2D eigenvalue weighted by molar-refractivity contribution is -0.141. The van der Waals surface area contributed by atoms with E-state index in [4.69, 9.17) is 26.8 Å². The summed E-state index contributed by atoms with van der Waals surface area (Å²) in [6.07, 6.45) is 2.59. The van der Waals surface area contributed by atoms with E-state index in [2.05, 4.69) is 13.8 Å². The second-order valence-corrected chi connectivity index (χ2v) is 6.75. The minimum absolute atomic E-state index is 0.0173. The van der Waals surface area contributed by atoms with E-state index in [-0.39, 0.29) is 17.2 Å². The highest BCUT2D eigenvalue weighted by molar-refractivity contribution is 6.30. The number of hydrogen-bond acceptors (Lipinski definition) is 3. The Morgan fingerprint density at radius 1 is 1.37 bits per heavy atom. The van der Waals surface area contributed by atoms with Crippen molar-refractivity contribution in [2.75, 3.05) is 6.61 Å². The van der Waals surface area contributed by atoms with Crippen LogP contribution in [0.5, 0.6) is 5.75 Å². The molecule has 0 aliphatic carbocycles. The fraction of sp³-hybridized carbons (Fsp3) is 0.600. The predicted octanol–water partition coefficient (Wildman–Crippen LogP) is 3.45. The lowest BCUT2D eigenvalue weighted by Gasteiger charge is -2.48. The van der Waals surface area contributed by atoms with Crippen molar-refractivity contribution in [1.29, 1.82) is 0 Å². The van der Waals surface area contributed by atoms with E-state index in [1.165, 1.54) is 0 Å². The van der Waals surface area contributed by atoms with Gasteiger partial charge in [0, 0.05) is 35.9 Å². The molecule has 104 valence electrons. The Morgan fingerprint density at radius 2 is 2.16 bits per heavy atom. The zero-order valence-corrected chi connectivity index (χ0v) is 12.2. The van der Waals surface area contributed by atoms with Crippen LogP contribution >= 0.6 is 11.6 Å². The second kappa shape index (κ2) is 4.37. The molecule has 1 spiro atoms. The highest BCUT2D eigenvalue weighted by Crippen LogP contribution is 2.46. The quantitative estimate of drug-likeness (QED) is 0.792. The molecule has 3 rings (SSSR count). The Labute approximate surface area is 119 Å². The molecule has 2 aliphatic heterocycles. The molecule has 1 fully saturated rings. The topological polar surface area (TPSA) is 44.5 Å². The molecule has 19 heavy (non-hydrogen) atoms. The summed E-state index contributed by atoms with van der Waals surface area (Å²) in [7, 11) is 0. The average Bonchev–Trinajstić information content (AvgIpc) is 2.29. The predicted molar refractivity (Wildman–Crippen MR) is 75.6 cm³/mol. The third-order valence-electron chi connectivity index (χ3n) is 4.09. The Morgan fingerprint density at radius 3 is 2.89 bits per heavy atom. The SMILES string of the molecule is CC1(C)CC2(CCO1)CC(N)c1cc(Cl)ccc1O2. The highest BCUT2D eigenvalue weighted by Gasteiger charge is 2.46. The Kier molecular flexibility index (Phi) is 3.04. The zero-order chi connectivity index (χ0) is 13.7. The van der Waals surface area contributed by atoms with Crippen molar-refractivity contribution in [2.24, 2.45) is 5.73 Å². The monoisotopic (exact) mass is 281 g/mol. The summed E-state index contributed by atoms with van der Waals surface area (Å²) in [4.78, 5) is 0. The number of fused-ring (bicyclic) bond motifs is 1. The Bertz CT molecular complexity index is 503. The summed E-state index contributed by atoms with van der Waals surface area (Å²) < 4.78 is 12.1. The summed E-state index contributed by atoms with van der Waals surface area (Å²) in [6, 6.07) is 5.69. The molecule has 2 unspecified atom stereocenters. The van der Waals surface area contributed by atoms with Gasteiger partial charge in [-0.2, -0.15) is 0 Å². The van der Waals surface area contributed by atoms with Crippen LogP contribution in [0.1, 0.15) is 44.7 Å². The zero-order valence-electron chi connectivity index (χ0n) is 11.4. The van der Waals surface area contributed by atoms with E-state index in [0.29, 0.717) is 5.02 Å². The molecule has 2 atom stereocenters. The van der Waals surface area contributed by atoms with Gasteiger partial charge >= 0.3 is 0 Å². The van der Waals surface area contributed by atoms with Crippen LogP contribution in [-0.2, 0) is 4.74 Å². The fourth-order valence-electron chi connectivity index (χ4n) is 3.38. The largest absolute Gasteiger partial charge is 0.487 e. The molecule has 0 aromatic heterocycles. The second-order valence-electron chi connectivity index (χ2n) is 6.31. The first-order chi connectivity index (χ1) is 8.89. The van der Waals surface area contributed by atoms with Crippen LogP contribution in [0, 0.1) is 0 Å². The molecule has 2 aliphatic rings. The summed E-state index contributed by atoms with van der Waals surface area (Å²) in [5, 5.41) is 0.709. The maximum atomic E-state index is 6.33. The van der Waals surface area contributed by atoms with E-state index in [1.807, 2.05) is 18.2 Å². The maximum Gasteiger partial charge on any atom is 0.125 e. The number of hydrogen-bond donors (Lipinski definition) is 1. The molecule has 4 heteroatoms. The van der Waals surface area contributed by atoms with E-state index in [9.17, 15) is 0 Å². The van der Waals surface area contributed by atoms with Gasteiger partial charge in [0.2, 0.25) is 0 Å². The summed E-state index contributed by atoms with van der Waals surface area (Å²) in [5.74, 6) is 0.876. The van der Waals surface area contributed by atoms with Gasteiger partial charge in [0.25, 0.3) is 0 Å². The van der Waals surface area contributed by atoms with Gasteiger partial charge in [0.05, 0.1) is 12.2 Å². The molecule has 1 aromatic rings. The van der Waals surface area contributed by atoms with Gasteiger partial charge in [-0.1, -0.05) is 11.6 Å². The van der Waals surface area contributed by atoms with Crippen molar-refractivity contribution >= 4 is 11.6 Å². The van der Waals surface area contributed by atoms with Crippen LogP contribution < -0.4 is 10.5 Å². The standard InChI is InChI=1S/C15H20ClNO2/c1-14(2)9-15(5-6-18-14)8-12(17)11-7-10(16)3-4-13(11)19-15/h3-4,7,12H,5-6,8-9,17H2,1-2H3. The Balaban J connectivity index is 1.94. The molecule has 1 saturated heterocycles. The average molecular weight is 282 g/mol. The number of benzene rings is 1. The van der Waals surface area contributed by atoms with Crippen molar-refractivity contribution in [3.05, 3.63) is 28.8 Å². The smallest absolute Gasteiger partial charge is 0.125 e. The molecule has 0 amide bonds. The van der Waals surface area contributed by atoms with Crippen LogP contribution in [0.15, 0.2) is 18.2 Å². The molecular formula is C15H20ClNO2. The minimum atomic E-state index is -0.192. The first kappa shape index (κ1) is 13.2. The van der Waals surface area contributed by atoms with Gasteiger partial charge in [0.1, 0.15) is 11.4 Å². The molecule has 0 bridgehead atoms. The van der Waals surface area contributed by atoms with Crippen molar-refractivity contribution in [2.45, 2.75) is 50.4 Å². The first-order valence-corrected chi connectivity index (χ1v) is 7.15. The van der Waals surface area contributed by atoms with Gasteiger partial charge in [-0.15, -0.1) is 0 Å². The molecule has 3 nitrogen and oxygen atoms in total. The number of rotatable bonds is 0. The molecule has 2 N–H and O–H groups in total. The Hall–Kier alpha value is -0.770.